The molecule has 1 heterocycles. The molecular weight excluding hydrogens is 279 g/mol. The molecule has 1 aliphatic rings. The Morgan fingerprint density at radius 3 is 2.55 bits per heavy atom. The number of amides is 1. The third-order valence-electron chi connectivity index (χ3n) is 3.22. The first-order chi connectivity index (χ1) is 9.20. The average molecular weight is 296 g/mol. The van der Waals surface area contributed by atoms with Crippen LogP contribution >= 0.6 is 11.8 Å². The Balaban J connectivity index is 2.36. The SMILES string of the molecule is CC(C)(O)c1ccc(C2=CC(C(N)=O)C(N)S2)c(F)c1. The highest BCUT2D eigenvalue weighted by Crippen LogP contribution is 2.41. The summed E-state index contributed by atoms with van der Waals surface area (Å²) in [4.78, 5) is 11.8. The van der Waals surface area contributed by atoms with Gasteiger partial charge in [0.25, 0.3) is 0 Å². The van der Waals surface area contributed by atoms with Crippen LogP contribution in [-0.4, -0.2) is 16.4 Å². The van der Waals surface area contributed by atoms with Gasteiger partial charge in [-0.15, -0.1) is 11.8 Å². The summed E-state index contributed by atoms with van der Waals surface area (Å²) in [6.45, 7) is 3.17. The van der Waals surface area contributed by atoms with E-state index in [1.54, 1.807) is 32.1 Å². The minimum atomic E-state index is -1.11. The zero-order chi connectivity index (χ0) is 15.1. The molecular formula is C14H17FN2O2S. The van der Waals surface area contributed by atoms with Crippen molar-refractivity contribution in [3.05, 3.63) is 41.2 Å². The number of hydrogen-bond donors (Lipinski definition) is 3. The number of halogens is 1. The molecule has 0 bridgehead atoms. The fraction of sp³-hybridized carbons (Fsp3) is 0.357. The number of hydrogen-bond acceptors (Lipinski definition) is 4. The first-order valence-electron chi connectivity index (χ1n) is 6.16. The third kappa shape index (κ3) is 2.87. The van der Waals surface area contributed by atoms with Gasteiger partial charge in [0.1, 0.15) is 5.82 Å². The molecule has 0 radical (unpaired) electrons. The first kappa shape index (κ1) is 15.0. The summed E-state index contributed by atoms with van der Waals surface area (Å²) in [7, 11) is 0. The fourth-order valence-corrected chi connectivity index (χ4v) is 3.18. The van der Waals surface area contributed by atoms with Gasteiger partial charge in [-0.05, 0) is 25.5 Å². The van der Waals surface area contributed by atoms with E-state index in [1.165, 1.54) is 17.8 Å². The van der Waals surface area contributed by atoms with E-state index in [0.29, 0.717) is 16.0 Å². The lowest BCUT2D eigenvalue weighted by atomic mass is 9.96. The Morgan fingerprint density at radius 1 is 1.45 bits per heavy atom. The van der Waals surface area contributed by atoms with Crippen molar-refractivity contribution < 1.29 is 14.3 Å². The monoisotopic (exact) mass is 296 g/mol. The molecule has 1 amide bonds. The minimum absolute atomic E-state index is 0.363. The van der Waals surface area contributed by atoms with Gasteiger partial charge in [0, 0.05) is 10.5 Å². The topological polar surface area (TPSA) is 89.3 Å². The summed E-state index contributed by atoms with van der Waals surface area (Å²) in [5.74, 6) is -1.57. The highest BCUT2D eigenvalue weighted by Gasteiger charge is 2.31. The van der Waals surface area contributed by atoms with Crippen LogP contribution in [0.5, 0.6) is 0 Å². The summed E-state index contributed by atoms with van der Waals surface area (Å²) in [5.41, 5.74) is 10.8. The molecule has 1 aliphatic heterocycles. The highest BCUT2D eigenvalue weighted by atomic mass is 32.2. The van der Waals surface area contributed by atoms with Gasteiger partial charge in [0.2, 0.25) is 5.91 Å². The van der Waals surface area contributed by atoms with Crippen molar-refractivity contribution in [3.63, 3.8) is 0 Å². The lowest BCUT2D eigenvalue weighted by Crippen LogP contribution is -2.33. The van der Waals surface area contributed by atoms with Crippen molar-refractivity contribution in [2.45, 2.75) is 24.8 Å². The predicted molar refractivity (Wildman–Crippen MR) is 77.9 cm³/mol. The molecule has 0 saturated heterocycles. The average Bonchev–Trinajstić information content (AvgIpc) is 2.69. The molecule has 20 heavy (non-hydrogen) atoms. The van der Waals surface area contributed by atoms with Gasteiger partial charge in [0.15, 0.2) is 0 Å². The number of rotatable bonds is 3. The van der Waals surface area contributed by atoms with Crippen LogP contribution in [0.25, 0.3) is 4.91 Å². The van der Waals surface area contributed by atoms with E-state index in [2.05, 4.69) is 0 Å². The van der Waals surface area contributed by atoms with Gasteiger partial charge < -0.3 is 16.6 Å². The zero-order valence-electron chi connectivity index (χ0n) is 11.3. The summed E-state index contributed by atoms with van der Waals surface area (Å²) in [6.07, 6.45) is 1.60. The quantitative estimate of drug-likeness (QED) is 0.789. The van der Waals surface area contributed by atoms with Crippen molar-refractivity contribution in [3.8, 4) is 0 Å². The molecule has 4 nitrogen and oxygen atoms in total. The molecule has 6 heteroatoms. The van der Waals surface area contributed by atoms with Crippen LogP contribution in [0.15, 0.2) is 24.3 Å². The molecule has 0 aliphatic carbocycles. The van der Waals surface area contributed by atoms with Crippen LogP contribution in [0, 0.1) is 11.7 Å². The van der Waals surface area contributed by atoms with Crippen molar-refractivity contribution in [2.75, 3.05) is 0 Å². The van der Waals surface area contributed by atoms with Crippen LogP contribution in [0.4, 0.5) is 4.39 Å². The number of nitrogens with two attached hydrogens (primary N) is 2. The molecule has 0 fully saturated rings. The summed E-state index contributed by atoms with van der Waals surface area (Å²) in [6, 6.07) is 4.53. The van der Waals surface area contributed by atoms with Crippen LogP contribution in [0.3, 0.4) is 0 Å². The molecule has 2 atom stereocenters. The largest absolute Gasteiger partial charge is 0.386 e. The Labute approximate surface area is 121 Å². The maximum atomic E-state index is 14.2. The number of carbonyl (C=O) groups excluding carboxylic acids is 1. The van der Waals surface area contributed by atoms with Crippen molar-refractivity contribution in [1.82, 2.24) is 0 Å². The van der Waals surface area contributed by atoms with Crippen LogP contribution in [-0.2, 0) is 10.4 Å². The van der Waals surface area contributed by atoms with Gasteiger partial charge in [-0.25, -0.2) is 4.39 Å². The predicted octanol–water partition coefficient (Wildman–Crippen LogP) is 1.53. The number of thioether (sulfide) groups is 1. The minimum Gasteiger partial charge on any atom is -0.386 e. The molecule has 1 aromatic carbocycles. The Kier molecular flexibility index (Phi) is 3.90. The van der Waals surface area contributed by atoms with E-state index in [-0.39, 0.29) is 0 Å². The second-order valence-corrected chi connectivity index (χ2v) is 6.52. The second kappa shape index (κ2) is 5.20. The van der Waals surface area contributed by atoms with E-state index in [9.17, 15) is 14.3 Å². The Hall–Kier alpha value is -1.37. The maximum Gasteiger partial charge on any atom is 0.226 e. The highest BCUT2D eigenvalue weighted by molar-refractivity contribution is 8.09. The molecule has 1 aromatic rings. The molecule has 2 unspecified atom stereocenters. The van der Waals surface area contributed by atoms with Crippen molar-refractivity contribution >= 4 is 22.6 Å². The Bertz CT molecular complexity index is 581. The smallest absolute Gasteiger partial charge is 0.226 e. The Morgan fingerprint density at radius 2 is 2.10 bits per heavy atom. The molecule has 0 saturated carbocycles. The fourth-order valence-electron chi connectivity index (χ4n) is 2.01. The van der Waals surface area contributed by atoms with Crippen LogP contribution < -0.4 is 11.5 Å². The number of primary amides is 1. The van der Waals surface area contributed by atoms with Gasteiger partial charge >= 0.3 is 0 Å². The van der Waals surface area contributed by atoms with Gasteiger partial charge in [0.05, 0.1) is 16.9 Å². The number of carbonyl (C=O) groups is 1. The third-order valence-corrected chi connectivity index (χ3v) is 4.39. The van der Waals surface area contributed by atoms with Gasteiger partial charge in [-0.2, -0.15) is 0 Å². The first-order valence-corrected chi connectivity index (χ1v) is 7.04. The molecule has 5 N–H and O–H groups in total. The lowest BCUT2D eigenvalue weighted by Gasteiger charge is -2.18. The van der Waals surface area contributed by atoms with E-state index >= 15 is 0 Å². The summed E-state index contributed by atoms with van der Waals surface area (Å²) >= 11 is 1.22. The summed E-state index contributed by atoms with van der Waals surface area (Å²) in [5, 5.41) is 9.37. The molecule has 0 aromatic heterocycles. The van der Waals surface area contributed by atoms with Crippen LogP contribution in [0.2, 0.25) is 0 Å². The molecule has 0 spiro atoms. The van der Waals surface area contributed by atoms with E-state index in [0.717, 1.165) is 0 Å². The standard InChI is InChI=1S/C14H17FN2O2S/c1-14(2,19)7-3-4-8(10(15)5-7)11-6-9(12(16)18)13(17)20-11/h3-6,9,13,19H,17H2,1-2H3,(H2,16,18). The van der Waals surface area contributed by atoms with Gasteiger partial charge in [-0.1, -0.05) is 18.2 Å². The second-order valence-electron chi connectivity index (χ2n) is 5.30. The van der Waals surface area contributed by atoms with E-state index in [1.807, 2.05) is 0 Å². The van der Waals surface area contributed by atoms with Crippen LogP contribution in [0.1, 0.15) is 25.0 Å². The lowest BCUT2D eigenvalue weighted by molar-refractivity contribution is -0.120. The van der Waals surface area contributed by atoms with E-state index in [4.69, 9.17) is 11.5 Å². The maximum absolute atomic E-state index is 14.2. The number of benzene rings is 1. The van der Waals surface area contributed by atoms with Crippen molar-refractivity contribution in [1.29, 1.82) is 0 Å². The number of aliphatic hydroxyl groups is 1. The normalized spacial score (nSPS) is 22.8. The van der Waals surface area contributed by atoms with Gasteiger partial charge in [-0.3, -0.25) is 4.79 Å². The summed E-state index contributed by atoms with van der Waals surface area (Å²) < 4.78 is 14.2. The molecule has 108 valence electrons. The van der Waals surface area contributed by atoms with Crippen molar-refractivity contribution in [2.24, 2.45) is 17.4 Å². The zero-order valence-corrected chi connectivity index (χ0v) is 12.1. The molecule has 2 rings (SSSR count). The van der Waals surface area contributed by atoms with E-state index < -0.39 is 28.6 Å².